The molecule has 1 amide bonds. The molecule has 0 bridgehead atoms. The molecular formula is C24H25NO2S. The van der Waals surface area contributed by atoms with Gasteiger partial charge in [0.25, 0.3) is 5.91 Å². The lowest BCUT2D eigenvalue weighted by Crippen LogP contribution is -2.30. The molecule has 0 heterocycles. The van der Waals surface area contributed by atoms with Gasteiger partial charge in [-0.05, 0) is 48.7 Å². The van der Waals surface area contributed by atoms with E-state index >= 15 is 0 Å². The van der Waals surface area contributed by atoms with Gasteiger partial charge in [-0.2, -0.15) is 0 Å². The van der Waals surface area contributed by atoms with E-state index in [1.165, 1.54) is 0 Å². The fraction of sp³-hybridized carbons (Fsp3) is 0.208. The fourth-order valence-corrected chi connectivity index (χ4v) is 3.74. The van der Waals surface area contributed by atoms with Gasteiger partial charge in [-0.15, -0.1) is 0 Å². The summed E-state index contributed by atoms with van der Waals surface area (Å²) in [6.07, 6.45) is -0.602. The van der Waals surface area contributed by atoms with Gasteiger partial charge < -0.3 is 10.1 Å². The van der Waals surface area contributed by atoms with E-state index in [1.807, 2.05) is 66.7 Å². The average Bonchev–Trinajstić information content (AvgIpc) is 2.70. The molecular weight excluding hydrogens is 366 g/mol. The van der Waals surface area contributed by atoms with Crippen molar-refractivity contribution in [2.75, 3.05) is 5.32 Å². The minimum atomic E-state index is -0.602. The molecule has 0 fully saturated rings. The van der Waals surface area contributed by atoms with E-state index in [0.717, 1.165) is 26.8 Å². The predicted molar refractivity (Wildman–Crippen MR) is 116 cm³/mol. The van der Waals surface area contributed by atoms with Crippen molar-refractivity contribution < 1.29 is 9.53 Å². The summed E-state index contributed by atoms with van der Waals surface area (Å²) in [5.41, 5.74) is 1.89. The van der Waals surface area contributed by atoms with Crippen molar-refractivity contribution in [3.63, 3.8) is 0 Å². The van der Waals surface area contributed by atoms with Gasteiger partial charge in [-0.1, -0.05) is 74.1 Å². The van der Waals surface area contributed by atoms with Gasteiger partial charge in [0.2, 0.25) is 0 Å². The third kappa shape index (κ3) is 5.17. The van der Waals surface area contributed by atoms with E-state index < -0.39 is 6.10 Å². The number of amides is 1. The fourth-order valence-electron chi connectivity index (χ4n) is 2.82. The van der Waals surface area contributed by atoms with Crippen LogP contribution in [0.4, 0.5) is 5.69 Å². The zero-order chi connectivity index (χ0) is 19.9. The molecule has 1 atom stereocenters. The number of rotatable bonds is 7. The second-order valence-electron chi connectivity index (χ2n) is 6.85. The SMILES string of the molecule is CC(C)c1ccccc1O[C@H](C)C(=O)Nc1ccccc1Sc1ccccc1. The molecule has 3 aromatic carbocycles. The van der Waals surface area contributed by atoms with Gasteiger partial charge >= 0.3 is 0 Å². The van der Waals surface area contributed by atoms with Gasteiger partial charge in [0.05, 0.1) is 5.69 Å². The van der Waals surface area contributed by atoms with Crippen LogP contribution in [-0.2, 0) is 4.79 Å². The second-order valence-corrected chi connectivity index (χ2v) is 7.97. The summed E-state index contributed by atoms with van der Waals surface area (Å²) in [5, 5.41) is 3.01. The van der Waals surface area contributed by atoms with Crippen LogP contribution >= 0.6 is 11.8 Å². The van der Waals surface area contributed by atoms with E-state index in [2.05, 4.69) is 31.3 Å². The summed E-state index contributed by atoms with van der Waals surface area (Å²) in [6, 6.07) is 25.8. The number of anilines is 1. The molecule has 0 saturated heterocycles. The number of hydrogen-bond acceptors (Lipinski definition) is 3. The molecule has 0 aliphatic rings. The first-order valence-electron chi connectivity index (χ1n) is 9.43. The van der Waals surface area contributed by atoms with E-state index in [0.29, 0.717) is 5.92 Å². The average molecular weight is 392 g/mol. The number of carbonyl (C=O) groups excluding carboxylic acids is 1. The number of nitrogens with one attached hydrogen (secondary N) is 1. The van der Waals surface area contributed by atoms with Gasteiger partial charge in [-0.25, -0.2) is 0 Å². The van der Waals surface area contributed by atoms with E-state index in [1.54, 1.807) is 18.7 Å². The largest absolute Gasteiger partial charge is 0.481 e. The zero-order valence-corrected chi connectivity index (χ0v) is 17.2. The Kier molecular flexibility index (Phi) is 6.77. The van der Waals surface area contributed by atoms with E-state index in [9.17, 15) is 4.79 Å². The summed E-state index contributed by atoms with van der Waals surface area (Å²) in [7, 11) is 0. The molecule has 4 heteroatoms. The third-order valence-corrected chi connectivity index (χ3v) is 5.41. The van der Waals surface area contributed by atoms with Crippen LogP contribution in [0.2, 0.25) is 0 Å². The maximum Gasteiger partial charge on any atom is 0.265 e. The third-order valence-electron chi connectivity index (χ3n) is 4.33. The van der Waals surface area contributed by atoms with E-state index in [4.69, 9.17) is 4.74 Å². The normalized spacial score (nSPS) is 11.9. The van der Waals surface area contributed by atoms with Crippen molar-refractivity contribution in [3.05, 3.63) is 84.4 Å². The number of benzene rings is 3. The molecule has 0 aromatic heterocycles. The predicted octanol–water partition coefficient (Wildman–Crippen LogP) is 6.37. The quantitative estimate of drug-likeness (QED) is 0.509. The Morgan fingerprint density at radius 2 is 1.50 bits per heavy atom. The molecule has 3 aromatic rings. The molecule has 0 aliphatic carbocycles. The Morgan fingerprint density at radius 1 is 0.857 bits per heavy atom. The van der Waals surface area contributed by atoms with Crippen molar-refractivity contribution in [1.29, 1.82) is 0 Å². The van der Waals surface area contributed by atoms with Crippen LogP contribution in [0.15, 0.2) is 88.7 Å². The highest BCUT2D eigenvalue weighted by atomic mass is 32.2. The van der Waals surface area contributed by atoms with Gasteiger partial charge in [0.15, 0.2) is 6.10 Å². The van der Waals surface area contributed by atoms with Crippen molar-refractivity contribution in [2.45, 2.75) is 42.6 Å². The first-order chi connectivity index (χ1) is 13.5. The Bertz CT molecular complexity index is 925. The molecule has 0 unspecified atom stereocenters. The van der Waals surface area contributed by atoms with Crippen LogP contribution in [0.5, 0.6) is 5.75 Å². The highest BCUT2D eigenvalue weighted by Crippen LogP contribution is 2.33. The maximum absolute atomic E-state index is 12.8. The Balaban J connectivity index is 1.71. The number of carbonyl (C=O) groups is 1. The Labute approximate surface area is 171 Å². The summed E-state index contributed by atoms with van der Waals surface area (Å²) in [4.78, 5) is 14.9. The summed E-state index contributed by atoms with van der Waals surface area (Å²) in [6.45, 7) is 6.01. The van der Waals surface area contributed by atoms with Crippen LogP contribution in [0.25, 0.3) is 0 Å². The lowest BCUT2D eigenvalue weighted by Gasteiger charge is -2.19. The first-order valence-corrected chi connectivity index (χ1v) is 10.2. The smallest absolute Gasteiger partial charge is 0.265 e. The zero-order valence-electron chi connectivity index (χ0n) is 16.4. The molecule has 3 nitrogen and oxygen atoms in total. The monoisotopic (exact) mass is 391 g/mol. The maximum atomic E-state index is 12.8. The highest BCUT2D eigenvalue weighted by Gasteiger charge is 2.18. The number of ether oxygens (including phenoxy) is 1. The molecule has 0 spiro atoms. The molecule has 144 valence electrons. The Morgan fingerprint density at radius 3 is 2.25 bits per heavy atom. The lowest BCUT2D eigenvalue weighted by atomic mass is 10.0. The minimum Gasteiger partial charge on any atom is -0.481 e. The summed E-state index contributed by atoms with van der Waals surface area (Å²) >= 11 is 1.62. The molecule has 3 rings (SSSR count). The lowest BCUT2D eigenvalue weighted by molar-refractivity contribution is -0.122. The van der Waals surface area contributed by atoms with Crippen molar-refractivity contribution in [3.8, 4) is 5.75 Å². The standard InChI is InChI=1S/C24H25NO2S/c1-17(2)20-13-7-9-15-22(20)27-18(3)24(26)25-21-14-8-10-16-23(21)28-19-11-5-4-6-12-19/h4-18H,1-3H3,(H,25,26)/t18-/m1/s1. The molecule has 0 radical (unpaired) electrons. The van der Waals surface area contributed by atoms with Crippen LogP contribution < -0.4 is 10.1 Å². The molecule has 1 N–H and O–H groups in total. The highest BCUT2D eigenvalue weighted by molar-refractivity contribution is 7.99. The second kappa shape index (κ2) is 9.47. The van der Waals surface area contributed by atoms with Crippen LogP contribution in [0, 0.1) is 0 Å². The van der Waals surface area contributed by atoms with Gasteiger partial charge in [-0.3, -0.25) is 4.79 Å². The minimum absolute atomic E-state index is 0.167. The van der Waals surface area contributed by atoms with Crippen LogP contribution in [0.3, 0.4) is 0 Å². The van der Waals surface area contributed by atoms with Crippen LogP contribution in [0.1, 0.15) is 32.3 Å². The van der Waals surface area contributed by atoms with Gasteiger partial charge in [0, 0.05) is 9.79 Å². The Hall–Kier alpha value is -2.72. The van der Waals surface area contributed by atoms with Gasteiger partial charge in [0.1, 0.15) is 5.75 Å². The number of hydrogen-bond donors (Lipinski definition) is 1. The van der Waals surface area contributed by atoms with Crippen molar-refractivity contribution in [2.24, 2.45) is 0 Å². The summed E-state index contributed by atoms with van der Waals surface area (Å²) < 4.78 is 5.98. The molecule has 0 saturated carbocycles. The van der Waals surface area contributed by atoms with Crippen molar-refractivity contribution >= 4 is 23.4 Å². The molecule has 0 aliphatic heterocycles. The van der Waals surface area contributed by atoms with Crippen molar-refractivity contribution in [1.82, 2.24) is 0 Å². The topological polar surface area (TPSA) is 38.3 Å². The van der Waals surface area contributed by atoms with Crippen LogP contribution in [-0.4, -0.2) is 12.0 Å². The molecule has 28 heavy (non-hydrogen) atoms. The van der Waals surface area contributed by atoms with E-state index in [-0.39, 0.29) is 5.91 Å². The number of para-hydroxylation sites is 2. The first kappa shape index (κ1) is 20.0. The summed E-state index contributed by atoms with van der Waals surface area (Å²) in [5.74, 6) is 0.918.